The van der Waals surface area contributed by atoms with E-state index >= 15 is 0 Å². The first kappa shape index (κ1) is 30.0. The summed E-state index contributed by atoms with van der Waals surface area (Å²) < 4.78 is 5.39. The van der Waals surface area contributed by atoms with Gasteiger partial charge in [0, 0.05) is 68.8 Å². The highest BCUT2D eigenvalue weighted by atomic mass is 32.2. The van der Waals surface area contributed by atoms with E-state index in [0.29, 0.717) is 49.0 Å². The minimum absolute atomic E-state index is 0.00632. The molecule has 2 heterocycles. The van der Waals surface area contributed by atoms with Gasteiger partial charge in [-0.2, -0.15) is 12.6 Å². The molecular formula is C23H34N6O7S2. The van der Waals surface area contributed by atoms with Gasteiger partial charge in [-0.15, -0.1) is 11.8 Å². The van der Waals surface area contributed by atoms with Crippen LogP contribution < -0.4 is 5.32 Å². The molecule has 38 heavy (non-hydrogen) atoms. The van der Waals surface area contributed by atoms with Crippen LogP contribution in [0, 0.1) is 10.1 Å². The van der Waals surface area contributed by atoms with Crippen molar-refractivity contribution in [1.29, 1.82) is 0 Å². The molecule has 210 valence electrons. The normalized spacial score (nSPS) is 19.7. The number of thiol groups is 1. The first-order chi connectivity index (χ1) is 18.2. The molecule has 15 heteroatoms. The Balaban J connectivity index is 1.43. The second kappa shape index (κ2) is 14.5. The number of ether oxygens (including phenoxy) is 1. The van der Waals surface area contributed by atoms with E-state index in [1.807, 2.05) is 11.9 Å². The topological polar surface area (TPSA) is 149 Å². The lowest BCUT2D eigenvalue weighted by molar-refractivity contribution is -0.384. The Labute approximate surface area is 230 Å². The number of carbonyl (C=O) groups excluding carboxylic acids is 3. The van der Waals surface area contributed by atoms with Crippen molar-refractivity contribution in [3.63, 3.8) is 0 Å². The molecule has 1 aromatic rings. The zero-order valence-corrected chi connectivity index (χ0v) is 22.9. The highest BCUT2D eigenvalue weighted by molar-refractivity contribution is 7.99. The summed E-state index contributed by atoms with van der Waals surface area (Å²) >= 11 is 5.87. The summed E-state index contributed by atoms with van der Waals surface area (Å²) in [4.78, 5) is 49.6. The SMILES string of the molecule is CCN(C(=O)CN(O)C(=O)CCS[C@H]1C[C@H](S)CN1C(=O)OCc1ccc([N+](=O)[O-])cc1)N1CCNCC1. The third kappa shape index (κ3) is 8.46. The van der Waals surface area contributed by atoms with Gasteiger partial charge >= 0.3 is 6.09 Å². The average molecular weight is 571 g/mol. The zero-order chi connectivity index (χ0) is 27.7. The summed E-state index contributed by atoms with van der Waals surface area (Å²) in [5, 5.41) is 27.8. The van der Waals surface area contributed by atoms with Gasteiger partial charge in [0.05, 0.1) is 10.3 Å². The summed E-state index contributed by atoms with van der Waals surface area (Å²) in [5.41, 5.74) is 0.577. The maximum Gasteiger partial charge on any atom is 0.411 e. The number of thioether (sulfide) groups is 1. The molecule has 0 unspecified atom stereocenters. The number of non-ortho nitro benzene ring substituents is 1. The number of hydrogen-bond donors (Lipinski definition) is 3. The van der Waals surface area contributed by atoms with Crippen LogP contribution in [0.25, 0.3) is 0 Å². The van der Waals surface area contributed by atoms with Crippen LogP contribution in [0.15, 0.2) is 24.3 Å². The van der Waals surface area contributed by atoms with Crippen molar-refractivity contribution in [2.45, 2.75) is 37.0 Å². The van der Waals surface area contributed by atoms with Crippen molar-refractivity contribution in [3.05, 3.63) is 39.9 Å². The predicted molar refractivity (Wildman–Crippen MR) is 144 cm³/mol. The number of amides is 3. The van der Waals surface area contributed by atoms with E-state index in [1.54, 1.807) is 9.91 Å². The molecule has 0 aromatic heterocycles. The molecule has 3 rings (SSSR count). The first-order valence-electron chi connectivity index (χ1n) is 12.4. The molecule has 0 saturated carbocycles. The van der Waals surface area contributed by atoms with Crippen LogP contribution in [-0.4, -0.2) is 110 Å². The fraction of sp³-hybridized carbons (Fsp3) is 0.609. The Morgan fingerprint density at radius 3 is 2.55 bits per heavy atom. The summed E-state index contributed by atoms with van der Waals surface area (Å²) in [6.07, 6.45) is 0.0605. The highest BCUT2D eigenvalue weighted by Gasteiger charge is 2.35. The van der Waals surface area contributed by atoms with Gasteiger partial charge in [-0.05, 0) is 31.0 Å². The van der Waals surface area contributed by atoms with Gasteiger partial charge in [-0.3, -0.25) is 34.8 Å². The molecule has 0 aliphatic carbocycles. The number of likely N-dealkylation sites (N-methyl/N-ethyl adjacent to an activating group) is 1. The first-order valence-corrected chi connectivity index (χ1v) is 14.0. The Kier molecular flexibility index (Phi) is 11.5. The third-order valence-electron chi connectivity index (χ3n) is 6.19. The molecule has 3 amide bonds. The van der Waals surface area contributed by atoms with Crippen LogP contribution in [0.2, 0.25) is 0 Å². The number of carbonyl (C=O) groups is 3. The molecule has 2 fully saturated rings. The van der Waals surface area contributed by atoms with E-state index in [-0.39, 0.29) is 35.2 Å². The van der Waals surface area contributed by atoms with Crippen LogP contribution in [-0.2, 0) is 20.9 Å². The summed E-state index contributed by atoms with van der Waals surface area (Å²) in [6, 6.07) is 5.76. The van der Waals surface area contributed by atoms with Gasteiger partial charge in [-0.25, -0.2) is 14.9 Å². The lowest BCUT2D eigenvalue weighted by Crippen LogP contribution is -2.56. The van der Waals surface area contributed by atoms with Crippen molar-refractivity contribution in [2.24, 2.45) is 0 Å². The second-order valence-electron chi connectivity index (χ2n) is 8.86. The van der Waals surface area contributed by atoms with Gasteiger partial charge in [0.1, 0.15) is 13.2 Å². The Morgan fingerprint density at radius 2 is 1.92 bits per heavy atom. The van der Waals surface area contributed by atoms with Gasteiger partial charge < -0.3 is 10.1 Å². The molecule has 1 aromatic carbocycles. The zero-order valence-electron chi connectivity index (χ0n) is 21.2. The predicted octanol–water partition coefficient (Wildman–Crippen LogP) is 1.57. The lowest BCUT2D eigenvalue weighted by atomic mass is 10.2. The number of hydroxylamine groups is 2. The number of benzene rings is 1. The van der Waals surface area contributed by atoms with Gasteiger partial charge in [-0.1, -0.05) is 0 Å². The second-order valence-corrected chi connectivity index (χ2v) is 10.9. The number of nitro benzene ring substituents is 1. The van der Waals surface area contributed by atoms with E-state index < -0.39 is 23.5 Å². The molecular weight excluding hydrogens is 536 g/mol. The molecule has 0 spiro atoms. The van der Waals surface area contributed by atoms with Gasteiger partial charge in [0.25, 0.3) is 11.6 Å². The van der Waals surface area contributed by atoms with Crippen molar-refractivity contribution in [2.75, 3.05) is 51.6 Å². The number of piperazine rings is 1. The van der Waals surface area contributed by atoms with Crippen molar-refractivity contribution in [1.82, 2.24) is 25.3 Å². The molecule has 0 bridgehead atoms. The molecule has 2 atom stereocenters. The number of rotatable bonds is 11. The molecule has 2 N–H and O–H groups in total. The van der Waals surface area contributed by atoms with E-state index in [0.717, 1.165) is 13.1 Å². The summed E-state index contributed by atoms with van der Waals surface area (Å²) in [6.45, 7) is 5.09. The van der Waals surface area contributed by atoms with Crippen molar-refractivity contribution < 1.29 is 29.3 Å². The van der Waals surface area contributed by atoms with Gasteiger partial charge in [0.2, 0.25) is 5.91 Å². The number of nitro groups is 1. The maximum absolute atomic E-state index is 12.7. The average Bonchev–Trinajstić information content (AvgIpc) is 3.28. The summed E-state index contributed by atoms with van der Waals surface area (Å²) in [5.74, 6) is -0.597. The van der Waals surface area contributed by atoms with Crippen LogP contribution in [0.3, 0.4) is 0 Å². The van der Waals surface area contributed by atoms with Crippen molar-refractivity contribution >= 4 is 48.0 Å². The minimum Gasteiger partial charge on any atom is -0.445 e. The maximum atomic E-state index is 12.7. The standard InChI is InChI=1S/C23H34N6O7S2/c1-2-27(25-10-8-24-9-11-25)21(31)15-28(33)20(30)7-12-38-22-13-19(37)14-26(22)23(32)36-16-17-3-5-18(6-4-17)29(34)35/h3-6,19,22,24,33,37H,2,7-16H2,1H3/t19-,22-/m0/s1. The van der Waals surface area contributed by atoms with Crippen LogP contribution in [0.5, 0.6) is 0 Å². The van der Waals surface area contributed by atoms with E-state index in [2.05, 4.69) is 17.9 Å². The van der Waals surface area contributed by atoms with E-state index in [9.17, 15) is 29.7 Å². The quantitative estimate of drug-likeness (QED) is 0.155. The Bertz CT molecular complexity index is 980. The number of nitrogens with one attached hydrogen (secondary N) is 1. The van der Waals surface area contributed by atoms with Crippen molar-refractivity contribution in [3.8, 4) is 0 Å². The fourth-order valence-electron chi connectivity index (χ4n) is 4.21. The third-order valence-corrected chi connectivity index (χ3v) is 7.84. The monoisotopic (exact) mass is 570 g/mol. The Morgan fingerprint density at radius 1 is 1.24 bits per heavy atom. The number of likely N-dealkylation sites (tertiary alicyclic amines) is 1. The minimum atomic E-state index is -0.574. The lowest BCUT2D eigenvalue weighted by Gasteiger charge is -2.37. The Hall–Kier alpha value is -2.59. The highest BCUT2D eigenvalue weighted by Crippen LogP contribution is 2.31. The molecule has 13 nitrogen and oxygen atoms in total. The molecule has 2 saturated heterocycles. The molecule has 2 aliphatic rings. The molecule has 0 radical (unpaired) electrons. The van der Waals surface area contributed by atoms with Gasteiger partial charge in [0.15, 0.2) is 0 Å². The number of hydrogen-bond acceptors (Lipinski definition) is 11. The summed E-state index contributed by atoms with van der Waals surface area (Å²) in [7, 11) is 0. The van der Waals surface area contributed by atoms with E-state index in [4.69, 9.17) is 4.74 Å². The molecule has 2 aliphatic heterocycles. The fourth-order valence-corrected chi connectivity index (χ4v) is 6.01. The van der Waals surface area contributed by atoms with Crippen LogP contribution in [0.1, 0.15) is 25.3 Å². The number of hydrazine groups is 1. The van der Waals surface area contributed by atoms with Crippen LogP contribution >= 0.6 is 24.4 Å². The smallest absolute Gasteiger partial charge is 0.411 e. The van der Waals surface area contributed by atoms with Crippen LogP contribution in [0.4, 0.5) is 10.5 Å². The number of nitrogens with zero attached hydrogens (tertiary/aromatic N) is 5. The largest absolute Gasteiger partial charge is 0.445 e. The van der Waals surface area contributed by atoms with E-state index in [1.165, 1.54) is 36.0 Å².